The normalized spacial score (nSPS) is 26.7. The number of urea groups is 1. The fourth-order valence-corrected chi connectivity index (χ4v) is 4.80. The Hall–Kier alpha value is -3.37. The van der Waals surface area contributed by atoms with Crippen molar-refractivity contribution in [1.29, 1.82) is 0 Å². The minimum absolute atomic E-state index is 0.00679. The van der Waals surface area contributed by atoms with E-state index in [0.29, 0.717) is 5.69 Å². The topological polar surface area (TPSA) is 132 Å². The number of esters is 2. The second-order valence-corrected chi connectivity index (χ2v) is 9.62. The zero-order chi connectivity index (χ0) is 26.0. The average molecular weight is 494 g/mol. The molecule has 0 spiro atoms. The maximum absolute atomic E-state index is 13.2. The van der Waals surface area contributed by atoms with Crippen LogP contribution in [0.25, 0.3) is 0 Å². The summed E-state index contributed by atoms with van der Waals surface area (Å²) in [6.45, 7) is 8.55. The third-order valence-corrected chi connectivity index (χ3v) is 5.99. The van der Waals surface area contributed by atoms with Crippen LogP contribution in [0, 0.1) is 23.6 Å². The molecule has 1 aromatic carbocycles. The molecule has 2 fully saturated rings. The van der Waals surface area contributed by atoms with Crippen molar-refractivity contribution in [2.45, 2.75) is 58.2 Å². The fraction of sp³-hybridized carbons (Fsp3) is 0.583. The van der Waals surface area contributed by atoms with Crippen molar-refractivity contribution in [2.75, 3.05) is 18.5 Å². The second-order valence-electron chi connectivity index (χ2n) is 9.62. The molecule has 1 aromatic rings. The van der Waals surface area contributed by atoms with Crippen LogP contribution in [0.1, 0.15) is 41.0 Å². The van der Waals surface area contributed by atoms with E-state index in [2.05, 4.69) is 16.0 Å². The van der Waals surface area contributed by atoms with Crippen molar-refractivity contribution < 1.29 is 37.8 Å². The number of benzene rings is 1. The van der Waals surface area contributed by atoms with E-state index in [9.17, 15) is 23.6 Å². The lowest BCUT2D eigenvalue weighted by atomic mass is 9.89. The van der Waals surface area contributed by atoms with Gasteiger partial charge in [0.05, 0.1) is 19.1 Å². The van der Waals surface area contributed by atoms with Crippen LogP contribution in [-0.4, -0.2) is 54.5 Å². The van der Waals surface area contributed by atoms with Crippen LogP contribution in [0.15, 0.2) is 24.3 Å². The van der Waals surface area contributed by atoms with E-state index in [0.717, 1.165) is 0 Å². The summed E-state index contributed by atoms with van der Waals surface area (Å²) in [6.07, 6.45) is -0.845. The van der Waals surface area contributed by atoms with E-state index in [1.165, 1.54) is 24.3 Å². The number of halogens is 1. The number of nitrogens with one attached hydrogen (secondary N) is 3. The quantitative estimate of drug-likeness (QED) is 0.393. The minimum atomic E-state index is -1.59. The molecule has 0 bridgehead atoms. The highest BCUT2D eigenvalue weighted by molar-refractivity contribution is 5.93. The maximum atomic E-state index is 13.2. The van der Waals surface area contributed by atoms with E-state index >= 15 is 0 Å². The fourth-order valence-electron chi connectivity index (χ4n) is 4.80. The zero-order valence-corrected chi connectivity index (χ0v) is 20.5. The Morgan fingerprint density at radius 3 is 2.26 bits per heavy atom. The minimum Gasteiger partial charge on any atom is -0.466 e. The first-order valence-corrected chi connectivity index (χ1v) is 11.6. The lowest BCUT2D eigenvalue weighted by Crippen LogP contribution is -2.59. The zero-order valence-electron chi connectivity index (χ0n) is 20.5. The second kappa shape index (κ2) is 10.1. The van der Waals surface area contributed by atoms with Gasteiger partial charge in [0, 0.05) is 24.1 Å². The predicted octanol–water partition coefficient (Wildman–Crippen LogP) is 2.97. The maximum Gasteiger partial charge on any atom is 0.408 e. The molecule has 2 aliphatic rings. The molecular weight excluding hydrogens is 461 g/mol. The van der Waals surface area contributed by atoms with Crippen molar-refractivity contribution >= 4 is 29.8 Å². The molecule has 0 heterocycles. The van der Waals surface area contributed by atoms with Crippen molar-refractivity contribution in [2.24, 2.45) is 17.8 Å². The molecule has 192 valence electrons. The Kier molecular flexibility index (Phi) is 7.56. The first-order chi connectivity index (χ1) is 16.4. The van der Waals surface area contributed by atoms with E-state index < -0.39 is 64.8 Å². The van der Waals surface area contributed by atoms with Gasteiger partial charge in [-0.2, -0.15) is 0 Å². The number of carbonyl (C=O) groups is 4. The van der Waals surface area contributed by atoms with Crippen LogP contribution in [0.5, 0.6) is 0 Å². The van der Waals surface area contributed by atoms with Crippen molar-refractivity contribution in [3.05, 3.63) is 30.1 Å². The Morgan fingerprint density at radius 2 is 1.69 bits per heavy atom. The summed E-state index contributed by atoms with van der Waals surface area (Å²) in [7, 11) is 0. The van der Waals surface area contributed by atoms with Gasteiger partial charge in [-0.1, -0.05) is 0 Å². The summed E-state index contributed by atoms with van der Waals surface area (Å²) >= 11 is 0. The van der Waals surface area contributed by atoms with Gasteiger partial charge in [-0.25, -0.2) is 18.8 Å². The molecular formula is C24H32FN3O7. The third-order valence-electron chi connectivity index (χ3n) is 5.99. The first-order valence-electron chi connectivity index (χ1n) is 11.6. The summed E-state index contributed by atoms with van der Waals surface area (Å²) in [5.41, 5.74) is -2.05. The van der Waals surface area contributed by atoms with Crippen LogP contribution in [0.2, 0.25) is 0 Å². The summed E-state index contributed by atoms with van der Waals surface area (Å²) in [4.78, 5) is 51.2. The van der Waals surface area contributed by atoms with Crippen LogP contribution in [-0.2, 0) is 23.8 Å². The highest BCUT2D eigenvalue weighted by atomic mass is 19.1. The monoisotopic (exact) mass is 493 g/mol. The van der Waals surface area contributed by atoms with Gasteiger partial charge in [0.1, 0.15) is 17.0 Å². The van der Waals surface area contributed by atoms with Gasteiger partial charge in [-0.05, 0) is 64.8 Å². The molecule has 3 amide bonds. The lowest BCUT2D eigenvalue weighted by molar-refractivity contribution is -0.153. The third kappa shape index (κ3) is 5.83. The number of fused-ring (bicyclic) bond motifs is 1. The van der Waals surface area contributed by atoms with E-state index in [1.54, 1.807) is 34.6 Å². The molecule has 0 radical (unpaired) electrons. The molecule has 2 saturated carbocycles. The summed E-state index contributed by atoms with van der Waals surface area (Å²) in [5, 5.41) is 8.03. The van der Waals surface area contributed by atoms with Crippen LogP contribution in [0.4, 0.5) is 19.7 Å². The van der Waals surface area contributed by atoms with Crippen molar-refractivity contribution in [1.82, 2.24) is 10.6 Å². The van der Waals surface area contributed by atoms with Gasteiger partial charge in [0.15, 0.2) is 0 Å². The van der Waals surface area contributed by atoms with E-state index in [-0.39, 0.29) is 19.6 Å². The van der Waals surface area contributed by atoms with Crippen molar-refractivity contribution in [3.63, 3.8) is 0 Å². The molecule has 5 atom stereocenters. The molecule has 35 heavy (non-hydrogen) atoms. The van der Waals surface area contributed by atoms with E-state index in [4.69, 9.17) is 14.2 Å². The SMILES string of the molecule is CCOC(=O)C1C2C(NC(=O)Nc3ccc(F)cc3)CC(NC(=O)OC(C)(C)C)(C(=O)OCC)C12. The number of carbonyl (C=O) groups excluding carboxylic acids is 4. The first kappa shape index (κ1) is 26.2. The summed E-state index contributed by atoms with van der Waals surface area (Å²) < 4.78 is 29.0. The van der Waals surface area contributed by atoms with Gasteiger partial charge in [-0.15, -0.1) is 0 Å². The standard InChI is InChI=1S/C24H32FN3O7/c1-6-33-19(29)17-16-15(27-21(31)26-14-10-8-13(25)9-11-14)12-24(18(16)17,20(30)34-7-2)28-22(32)35-23(3,4)5/h8-11,15-18H,6-7,12H2,1-5H3,(H,28,32)(H2,26,27,31). The number of hydrogen-bond acceptors (Lipinski definition) is 7. The molecule has 0 aromatic heterocycles. The lowest BCUT2D eigenvalue weighted by Gasteiger charge is -2.33. The van der Waals surface area contributed by atoms with Gasteiger partial charge in [0.2, 0.25) is 0 Å². The van der Waals surface area contributed by atoms with Gasteiger partial charge < -0.3 is 30.2 Å². The van der Waals surface area contributed by atoms with Crippen LogP contribution in [0.3, 0.4) is 0 Å². The number of ether oxygens (including phenoxy) is 3. The Balaban J connectivity index is 1.86. The van der Waals surface area contributed by atoms with Crippen LogP contribution >= 0.6 is 0 Å². The number of anilines is 1. The van der Waals surface area contributed by atoms with E-state index in [1.807, 2.05) is 0 Å². The Morgan fingerprint density at radius 1 is 1.06 bits per heavy atom. The number of rotatable bonds is 7. The highest BCUT2D eigenvalue weighted by Crippen LogP contribution is 2.63. The molecule has 10 nitrogen and oxygen atoms in total. The number of alkyl carbamates (subject to hydrolysis) is 1. The predicted molar refractivity (Wildman–Crippen MR) is 123 cm³/mol. The highest BCUT2D eigenvalue weighted by Gasteiger charge is 2.76. The van der Waals surface area contributed by atoms with Gasteiger partial charge >= 0.3 is 24.1 Å². The van der Waals surface area contributed by atoms with Crippen molar-refractivity contribution in [3.8, 4) is 0 Å². The summed E-state index contributed by atoms with van der Waals surface area (Å²) in [6, 6.07) is 3.95. The molecule has 5 unspecified atom stereocenters. The molecule has 3 N–H and O–H groups in total. The Bertz CT molecular complexity index is 978. The van der Waals surface area contributed by atoms with Gasteiger partial charge in [0.25, 0.3) is 0 Å². The number of hydrogen-bond donors (Lipinski definition) is 3. The molecule has 0 aliphatic heterocycles. The molecule has 2 aliphatic carbocycles. The molecule has 0 saturated heterocycles. The smallest absolute Gasteiger partial charge is 0.408 e. The van der Waals surface area contributed by atoms with Gasteiger partial charge in [-0.3, -0.25) is 4.79 Å². The molecule has 11 heteroatoms. The number of amides is 3. The van der Waals surface area contributed by atoms with Crippen LogP contribution < -0.4 is 16.0 Å². The average Bonchev–Trinajstić information content (AvgIpc) is 3.42. The Labute approximate surface area is 203 Å². The largest absolute Gasteiger partial charge is 0.466 e. The molecule has 3 rings (SSSR count). The summed E-state index contributed by atoms with van der Waals surface area (Å²) in [5.74, 6) is -3.52.